The van der Waals surface area contributed by atoms with Crippen molar-refractivity contribution in [3.8, 4) is 0 Å². The molecule has 1 aromatic carbocycles. The number of aromatic nitrogens is 2. The van der Waals surface area contributed by atoms with E-state index in [1.54, 1.807) is 6.07 Å². The predicted octanol–water partition coefficient (Wildman–Crippen LogP) is 4.71. The number of nitrogens with one attached hydrogen (secondary N) is 1. The summed E-state index contributed by atoms with van der Waals surface area (Å²) in [6, 6.07) is 7.44. The number of hydrogen-bond donors (Lipinski definition) is 1. The monoisotopic (exact) mass is 293 g/mol. The summed E-state index contributed by atoms with van der Waals surface area (Å²) in [7, 11) is 0. The van der Waals surface area contributed by atoms with Gasteiger partial charge in [0.15, 0.2) is 0 Å². The Balaban J connectivity index is 1.92. The number of hydrogen-bond acceptors (Lipinski definition) is 3. The molecule has 1 aliphatic carbocycles. The van der Waals surface area contributed by atoms with Crippen LogP contribution in [0.3, 0.4) is 0 Å². The molecular weight excluding hydrogens is 281 g/mol. The fourth-order valence-electron chi connectivity index (χ4n) is 1.89. The molecule has 98 valence electrons. The smallest absolute Gasteiger partial charge is 0.135 e. The van der Waals surface area contributed by atoms with Crippen LogP contribution in [0.2, 0.25) is 10.2 Å². The van der Waals surface area contributed by atoms with Gasteiger partial charge in [0.1, 0.15) is 16.8 Å². The van der Waals surface area contributed by atoms with E-state index >= 15 is 0 Å². The van der Waals surface area contributed by atoms with E-state index in [1.807, 2.05) is 25.1 Å². The van der Waals surface area contributed by atoms with Gasteiger partial charge in [-0.3, -0.25) is 0 Å². The average Bonchev–Trinajstić information content (AvgIpc) is 3.17. The van der Waals surface area contributed by atoms with Crippen molar-refractivity contribution in [2.24, 2.45) is 0 Å². The van der Waals surface area contributed by atoms with Crippen LogP contribution >= 0.6 is 23.2 Å². The number of benzene rings is 1. The molecule has 3 nitrogen and oxygen atoms in total. The van der Waals surface area contributed by atoms with Gasteiger partial charge in [-0.25, -0.2) is 9.97 Å². The molecule has 2 aromatic rings. The van der Waals surface area contributed by atoms with Crippen molar-refractivity contribution >= 4 is 34.7 Å². The lowest BCUT2D eigenvalue weighted by Gasteiger charge is -2.10. The van der Waals surface area contributed by atoms with Crippen LogP contribution in [0.1, 0.15) is 30.1 Å². The second kappa shape index (κ2) is 4.99. The molecule has 1 N–H and O–H groups in total. The maximum absolute atomic E-state index is 6.04. The van der Waals surface area contributed by atoms with Crippen molar-refractivity contribution in [1.29, 1.82) is 0 Å². The molecule has 0 amide bonds. The molecular formula is C14H13Cl2N3. The van der Waals surface area contributed by atoms with Gasteiger partial charge in [-0.15, -0.1) is 0 Å². The van der Waals surface area contributed by atoms with Crippen LogP contribution < -0.4 is 5.32 Å². The van der Waals surface area contributed by atoms with E-state index in [4.69, 9.17) is 23.2 Å². The molecule has 1 aromatic heterocycles. The molecule has 3 rings (SSSR count). The average molecular weight is 294 g/mol. The van der Waals surface area contributed by atoms with Crippen molar-refractivity contribution in [1.82, 2.24) is 9.97 Å². The Morgan fingerprint density at radius 3 is 2.68 bits per heavy atom. The zero-order valence-electron chi connectivity index (χ0n) is 10.5. The molecule has 1 heterocycles. The third-order valence-corrected chi connectivity index (χ3v) is 3.55. The molecule has 0 spiro atoms. The first-order chi connectivity index (χ1) is 9.11. The Labute approximate surface area is 122 Å². The number of aryl methyl sites for hydroxylation is 1. The van der Waals surface area contributed by atoms with Crippen LogP contribution in [0.15, 0.2) is 24.3 Å². The normalized spacial score (nSPS) is 14.5. The molecule has 0 radical (unpaired) electrons. The quantitative estimate of drug-likeness (QED) is 0.833. The van der Waals surface area contributed by atoms with E-state index < -0.39 is 0 Å². The number of halogens is 2. The van der Waals surface area contributed by atoms with Crippen LogP contribution in [0, 0.1) is 6.92 Å². The lowest BCUT2D eigenvalue weighted by atomic mass is 10.2. The Bertz CT molecular complexity index is 624. The second-order valence-electron chi connectivity index (χ2n) is 4.79. The van der Waals surface area contributed by atoms with Crippen molar-refractivity contribution in [2.75, 3.05) is 5.32 Å². The number of nitrogens with zero attached hydrogens (tertiary/aromatic N) is 2. The summed E-state index contributed by atoms with van der Waals surface area (Å²) in [5.41, 5.74) is 2.04. The summed E-state index contributed by atoms with van der Waals surface area (Å²) in [6.07, 6.45) is 2.30. The maximum atomic E-state index is 6.04. The number of rotatable bonds is 3. The van der Waals surface area contributed by atoms with Crippen LogP contribution in [-0.2, 0) is 0 Å². The van der Waals surface area contributed by atoms with Gasteiger partial charge in [0.25, 0.3) is 0 Å². The van der Waals surface area contributed by atoms with Crippen LogP contribution in [0.25, 0.3) is 0 Å². The van der Waals surface area contributed by atoms with Crippen LogP contribution in [0.4, 0.5) is 11.5 Å². The Morgan fingerprint density at radius 2 is 1.95 bits per heavy atom. The van der Waals surface area contributed by atoms with Crippen molar-refractivity contribution in [3.63, 3.8) is 0 Å². The van der Waals surface area contributed by atoms with E-state index in [1.165, 1.54) is 0 Å². The topological polar surface area (TPSA) is 37.8 Å². The second-order valence-corrected chi connectivity index (χ2v) is 5.62. The zero-order valence-corrected chi connectivity index (χ0v) is 12.0. The fraction of sp³-hybridized carbons (Fsp3) is 0.286. The fourth-order valence-corrected chi connectivity index (χ4v) is 2.25. The third kappa shape index (κ3) is 2.99. The van der Waals surface area contributed by atoms with Crippen LogP contribution in [-0.4, -0.2) is 9.97 Å². The molecule has 1 aliphatic rings. The minimum Gasteiger partial charge on any atom is -0.340 e. The van der Waals surface area contributed by atoms with Crippen molar-refractivity contribution in [2.45, 2.75) is 25.7 Å². The first-order valence-electron chi connectivity index (χ1n) is 6.19. The molecule has 0 atom stereocenters. The molecule has 0 unspecified atom stereocenters. The van der Waals surface area contributed by atoms with Gasteiger partial charge < -0.3 is 5.32 Å². The summed E-state index contributed by atoms with van der Waals surface area (Å²) >= 11 is 12.0. The standard InChI is InChI=1S/C14H13Cl2N3/c1-8-2-5-10(15)6-11(8)17-13-7-12(16)18-14(19-13)9-3-4-9/h2,5-7,9H,3-4H2,1H3,(H,17,18,19). The zero-order chi connectivity index (χ0) is 13.4. The summed E-state index contributed by atoms with van der Waals surface area (Å²) in [5.74, 6) is 2.02. The van der Waals surface area contributed by atoms with Gasteiger partial charge in [0, 0.05) is 22.7 Å². The highest BCUT2D eigenvalue weighted by atomic mass is 35.5. The van der Waals surface area contributed by atoms with Crippen molar-refractivity contribution in [3.05, 3.63) is 45.8 Å². The summed E-state index contributed by atoms with van der Waals surface area (Å²) in [6.45, 7) is 2.02. The van der Waals surface area contributed by atoms with E-state index in [0.717, 1.165) is 29.9 Å². The highest BCUT2D eigenvalue weighted by molar-refractivity contribution is 6.31. The van der Waals surface area contributed by atoms with E-state index in [2.05, 4.69) is 15.3 Å². The van der Waals surface area contributed by atoms with Gasteiger partial charge in [-0.05, 0) is 37.5 Å². The highest BCUT2D eigenvalue weighted by Crippen LogP contribution is 2.39. The minimum atomic E-state index is 0.471. The first kappa shape index (κ1) is 12.7. The number of anilines is 2. The highest BCUT2D eigenvalue weighted by Gasteiger charge is 2.27. The molecule has 1 saturated carbocycles. The first-order valence-corrected chi connectivity index (χ1v) is 6.95. The summed E-state index contributed by atoms with van der Waals surface area (Å²) < 4.78 is 0. The third-order valence-electron chi connectivity index (χ3n) is 3.12. The summed E-state index contributed by atoms with van der Waals surface area (Å²) in [5, 5.41) is 4.42. The molecule has 0 bridgehead atoms. The van der Waals surface area contributed by atoms with Gasteiger partial charge in [0.05, 0.1) is 0 Å². The van der Waals surface area contributed by atoms with Gasteiger partial charge in [-0.1, -0.05) is 29.3 Å². The SMILES string of the molecule is Cc1ccc(Cl)cc1Nc1cc(Cl)nc(C2CC2)n1. The van der Waals surface area contributed by atoms with Gasteiger partial charge in [0.2, 0.25) is 0 Å². The predicted molar refractivity (Wildman–Crippen MR) is 78.5 cm³/mol. The van der Waals surface area contributed by atoms with E-state index in [9.17, 15) is 0 Å². The Morgan fingerprint density at radius 1 is 1.16 bits per heavy atom. The van der Waals surface area contributed by atoms with Crippen molar-refractivity contribution < 1.29 is 0 Å². The molecule has 0 saturated heterocycles. The van der Waals surface area contributed by atoms with E-state index in [-0.39, 0.29) is 0 Å². The molecule has 5 heteroatoms. The lowest BCUT2D eigenvalue weighted by molar-refractivity contribution is 0.930. The largest absolute Gasteiger partial charge is 0.340 e. The van der Waals surface area contributed by atoms with Gasteiger partial charge >= 0.3 is 0 Å². The lowest BCUT2D eigenvalue weighted by Crippen LogP contribution is -2.00. The Kier molecular flexibility index (Phi) is 3.33. The molecule has 19 heavy (non-hydrogen) atoms. The molecule has 1 fully saturated rings. The Hall–Kier alpha value is -1.32. The summed E-state index contributed by atoms with van der Waals surface area (Å²) in [4.78, 5) is 8.78. The van der Waals surface area contributed by atoms with Gasteiger partial charge in [-0.2, -0.15) is 0 Å². The molecule has 0 aliphatic heterocycles. The van der Waals surface area contributed by atoms with Crippen LogP contribution in [0.5, 0.6) is 0 Å². The maximum Gasteiger partial charge on any atom is 0.135 e. The van der Waals surface area contributed by atoms with E-state index in [0.29, 0.717) is 21.9 Å². The minimum absolute atomic E-state index is 0.471.